The number of carbonyl (C=O) groups excluding carboxylic acids is 2. The number of aliphatic hydroxyl groups is 1. The number of methoxy groups -OCH3 is 1. The number of nitrogens with zero attached hydrogens (tertiary/aromatic N) is 1. The van der Waals surface area contributed by atoms with E-state index in [9.17, 15) is 14.7 Å². The van der Waals surface area contributed by atoms with E-state index >= 15 is 0 Å². The third-order valence-corrected chi connectivity index (χ3v) is 6.61. The summed E-state index contributed by atoms with van der Waals surface area (Å²) in [5.74, 6) is -0.833. The van der Waals surface area contributed by atoms with Crippen molar-refractivity contribution >= 4 is 34.5 Å². The molecule has 0 bridgehead atoms. The molecule has 1 amide bonds. The predicted octanol–water partition coefficient (Wildman–Crippen LogP) is 5.31. The van der Waals surface area contributed by atoms with E-state index in [1.807, 2.05) is 56.5 Å². The van der Waals surface area contributed by atoms with Crippen molar-refractivity contribution in [2.24, 2.45) is 0 Å². The number of rotatable bonds is 4. The largest absolute Gasteiger partial charge is 0.507 e. The number of amides is 1. The highest BCUT2D eigenvalue weighted by molar-refractivity contribution is 7.10. The molecule has 31 heavy (non-hydrogen) atoms. The molecule has 158 valence electrons. The number of hydrogen-bond donors (Lipinski definition) is 1. The number of carbonyl (C=O) groups is 2. The van der Waals surface area contributed by atoms with E-state index in [0.29, 0.717) is 17.0 Å². The number of anilines is 1. The van der Waals surface area contributed by atoms with Gasteiger partial charge in [-0.1, -0.05) is 12.1 Å². The summed E-state index contributed by atoms with van der Waals surface area (Å²) in [4.78, 5) is 28.7. The fourth-order valence-corrected chi connectivity index (χ4v) is 5.00. The molecule has 1 aliphatic rings. The van der Waals surface area contributed by atoms with E-state index in [0.717, 1.165) is 21.6 Å². The van der Waals surface area contributed by atoms with E-state index in [1.165, 1.54) is 16.2 Å². The third kappa shape index (κ3) is 3.53. The molecule has 1 aliphatic heterocycles. The van der Waals surface area contributed by atoms with Gasteiger partial charge in [-0.05, 0) is 79.2 Å². The third-order valence-electron chi connectivity index (χ3n) is 5.54. The summed E-state index contributed by atoms with van der Waals surface area (Å²) in [6.45, 7) is 5.74. The molecule has 4 rings (SSSR count). The molecule has 5 nitrogen and oxygen atoms in total. The first kappa shape index (κ1) is 20.9. The number of ether oxygens (including phenoxy) is 1. The second kappa shape index (κ2) is 8.04. The van der Waals surface area contributed by atoms with E-state index in [-0.39, 0.29) is 11.3 Å². The highest BCUT2D eigenvalue weighted by Crippen LogP contribution is 2.45. The molecule has 3 aromatic rings. The van der Waals surface area contributed by atoms with Gasteiger partial charge in [-0.25, -0.2) is 0 Å². The molecule has 1 saturated heterocycles. The Labute approximate surface area is 185 Å². The lowest BCUT2D eigenvalue weighted by atomic mass is 9.97. The SMILES string of the molecule is COc1ccc(/C(O)=C2/C(=O)C(=O)N(c3cccc(C)c3)C2c2sccc2C)cc1C. The Balaban J connectivity index is 1.95. The minimum Gasteiger partial charge on any atom is -0.507 e. The van der Waals surface area contributed by atoms with Crippen molar-refractivity contribution in [3.8, 4) is 5.75 Å². The van der Waals surface area contributed by atoms with Gasteiger partial charge in [0.05, 0.1) is 12.7 Å². The summed E-state index contributed by atoms with van der Waals surface area (Å²) in [6.07, 6.45) is 0. The van der Waals surface area contributed by atoms with Gasteiger partial charge in [0.1, 0.15) is 17.6 Å². The Morgan fingerprint density at radius 2 is 1.81 bits per heavy atom. The summed E-state index contributed by atoms with van der Waals surface area (Å²) in [5, 5.41) is 13.1. The van der Waals surface area contributed by atoms with Crippen molar-refractivity contribution in [3.63, 3.8) is 0 Å². The first-order valence-electron chi connectivity index (χ1n) is 9.90. The van der Waals surface area contributed by atoms with Gasteiger partial charge in [-0.2, -0.15) is 0 Å². The molecule has 0 radical (unpaired) electrons. The van der Waals surface area contributed by atoms with Crippen molar-refractivity contribution in [3.05, 3.63) is 86.6 Å². The number of aliphatic hydroxyl groups excluding tert-OH is 1. The van der Waals surface area contributed by atoms with Gasteiger partial charge in [0.25, 0.3) is 11.7 Å². The van der Waals surface area contributed by atoms with Crippen LogP contribution >= 0.6 is 11.3 Å². The van der Waals surface area contributed by atoms with Crippen LogP contribution in [-0.2, 0) is 9.59 Å². The van der Waals surface area contributed by atoms with Crippen molar-refractivity contribution in [2.75, 3.05) is 12.0 Å². The number of aryl methyl sites for hydroxylation is 3. The summed E-state index contributed by atoms with van der Waals surface area (Å²) in [7, 11) is 1.58. The summed E-state index contributed by atoms with van der Waals surface area (Å²) >= 11 is 1.47. The van der Waals surface area contributed by atoms with Gasteiger partial charge in [-0.3, -0.25) is 14.5 Å². The maximum absolute atomic E-state index is 13.2. The lowest BCUT2D eigenvalue weighted by molar-refractivity contribution is -0.132. The van der Waals surface area contributed by atoms with Crippen LogP contribution in [0.15, 0.2) is 59.5 Å². The number of ketones is 1. The van der Waals surface area contributed by atoms with Crippen LogP contribution in [0, 0.1) is 20.8 Å². The molecule has 1 N–H and O–H groups in total. The standard InChI is InChI=1S/C25H23NO4S/c1-14-6-5-7-18(12-14)26-21(24-15(2)10-11-31-24)20(23(28)25(26)29)22(27)17-8-9-19(30-4)16(3)13-17/h5-13,21,27H,1-4H3/b22-20-. The van der Waals surface area contributed by atoms with Gasteiger partial charge in [0.2, 0.25) is 0 Å². The summed E-state index contributed by atoms with van der Waals surface area (Å²) in [6, 6.07) is 13.9. The quantitative estimate of drug-likeness (QED) is 0.344. The molecule has 1 fully saturated rings. The second-order valence-electron chi connectivity index (χ2n) is 7.66. The average molecular weight is 434 g/mol. The molecule has 6 heteroatoms. The predicted molar refractivity (Wildman–Crippen MR) is 123 cm³/mol. The van der Waals surface area contributed by atoms with E-state index < -0.39 is 17.7 Å². The Kier molecular flexibility index (Phi) is 5.41. The molecule has 0 spiro atoms. The Hall–Kier alpha value is -3.38. The zero-order chi connectivity index (χ0) is 22.3. The van der Waals surface area contributed by atoms with Gasteiger partial charge in [0.15, 0.2) is 0 Å². The fourth-order valence-electron chi connectivity index (χ4n) is 3.97. The average Bonchev–Trinajstić information content (AvgIpc) is 3.28. The Bertz CT molecular complexity index is 1220. The van der Waals surface area contributed by atoms with Crippen LogP contribution in [-0.4, -0.2) is 23.9 Å². The second-order valence-corrected chi connectivity index (χ2v) is 8.61. The van der Waals surface area contributed by atoms with Crippen molar-refractivity contribution in [1.82, 2.24) is 0 Å². The van der Waals surface area contributed by atoms with Crippen LogP contribution in [0.4, 0.5) is 5.69 Å². The molecule has 1 unspecified atom stereocenters. The number of hydrogen-bond acceptors (Lipinski definition) is 5. The van der Waals surface area contributed by atoms with Crippen LogP contribution in [0.1, 0.15) is 33.2 Å². The van der Waals surface area contributed by atoms with Crippen LogP contribution in [0.3, 0.4) is 0 Å². The lowest BCUT2D eigenvalue weighted by Gasteiger charge is -2.25. The van der Waals surface area contributed by atoms with Crippen LogP contribution in [0.25, 0.3) is 5.76 Å². The molecular weight excluding hydrogens is 410 g/mol. The maximum atomic E-state index is 13.2. The van der Waals surface area contributed by atoms with E-state index in [1.54, 1.807) is 25.3 Å². The topological polar surface area (TPSA) is 66.8 Å². The summed E-state index contributed by atoms with van der Waals surface area (Å²) in [5.41, 5.74) is 3.97. The van der Waals surface area contributed by atoms with Gasteiger partial charge >= 0.3 is 0 Å². The van der Waals surface area contributed by atoms with E-state index in [4.69, 9.17) is 4.74 Å². The first-order valence-corrected chi connectivity index (χ1v) is 10.8. The number of benzene rings is 2. The maximum Gasteiger partial charge on any atom is 0.300 e. The molecule has 1 aromatic heterocycles. The molecular formula is C25H23NO4S. The Morgan fingerprint density at radius 3 is 2.42 bits per heavy atom. The normalized spacial score (nSPS) is 17.9. The van der Waals surface area contributed by atoms with Gasteiger partial charge < -0.3 is 9.84 Å². The monoisotopic (exact) mass is 433 g/mol. The highest BCUT2D eigenvalue weighted by atomic mass is 32.1. The van der Waals surface area contributed by atoms with E-state index in [2.05, 4.69) is 0 Å². The van der Waals surface area contributed by atoms with Crippen molar-refractivity contribution in [1.29, 1.82) is 0 Å². The number of Topliss-reactive ketones (excluding diaryl/α,β-unsaturated/α-hetero) is 1. The van der Waals surface area contributed by atoms with Gasteiger partial charge in [0, 0.05) is 16.1 Å². The molecule has 2 heterocycles. The number of thiophene rings is 1. The van der Waals surface area contributed by atoms with Crippen LogP contribution in [0.5, 0.6) is 5.75 Å². The van der Waals surface area contributed by atoms with Gasteiger partial charge in [-0.15, -0.1) is 11.3 Å². The molecule has 0 saturated carbocycles. The van der Waals surface area contributed by atoms with Crippen LogP contribution < -0.4 is 9.64 Å². The van der Waals surface area contributed by atoms with Crippen molar-refractivity contribution < 1.29 is 19.4 Å². The first-order chi connectivity index (χ1) is 14.8. The fraction of sp³-hybridized carbons (Fsp3) is 0.200. The smallest absolute Gasteiger partial charge is 0.300 e. The Morgan fingerprint density at radius 1 is 1.03 bits per heavy atom. The summed E-state index contributed by atoms with van der Waals surface area (Å²) < 4.78 is 5.30. The van der Waals surface area contributed by atoms with Crippen molar-refractivity contribution in [2.45, 2.75) is 26.8 Å². The molecule has 0 aliphatic carbocycles. The zero-order valence-electron chi connectivity index (χ0n) is 17.8. The highest BCUT2D eigenvalue weighted by Gasteiger charge is 2.47. The minimum atomic E-state index is -0.691. The lowest BCUT2D eigenvalue weighted by Crippen LogP contribution is -2.29. The molecule has 2 aromatic carbocycles. The van der Waals surface area contributed by atoms with Crippen LogP contribution in [0.2, 0.25) is 0 Å². The minimum absolute atomic E-state index is 0.0987. The zero-order valence-corrected chi connectivity index (χ0v) is 18.6. The molecule has 1 atom stereocenters.